The van der Waals surface area contributed by atoms with Gasteiger partial charge in [-0.2, -0.15) is 5.26 Å². The highest BCUT2D eigenvalue weighted by atomic mass is 79.9. The molecule has 0 radical (unpaired) electrons. The second-order valence-corrected chi connectivity index (χ2v) is 8.32. The number of carbonyl (C=O) groups excluding carboxylic acids is 1. The van der Waals surface area contributed by atoms with Crippen LogP contribution in [0.1, 0.15) is 27.8 Å². The van der Waals surface area contributed by atoms with E-state index in [9.17, 15) is 10.1 Å². The van der Waals surface area contributed by atoms with Gasteiger partial charge in [-0.25, -0.2) is 0 Å². The highest BCUT2D eigenvalue weighted by Crippen LogP contribution is 2.26. The fourth-order valence-electron chi connectivity index (χ4n) is 3.10. The quantitative estimate of drug-likeness (QED) is 0.321. The van der Waals surface area contributed by atoms with E-state index in [2.05, 4.69) is 21.2 Å². The van der Waals surface area contributed by atoms with Crippen LogP contribution in [0, 0.1) is 25.2 Å². The third kappa shape index (κ3) is 5.38. The maximum Gasteiger partial charge on any atom is 0.266 e. The monoisotopic (exact) mass is 478 g/mol. The first-order valence-electron chi connectivity index (χ1n) is 9.39. The Labute approximate surface area is 190 Å². The number of halogens is 2. The summed E-state index contributed by atoms with van der Waals surface area (Å²) in [5, 5.41) is 12.9. The minimum atomic E-state index is -0.446. The van der Waals surface area contributed by atoms with Gasteiger partial charge in [0.05, 0.1) is 0 Å². The number of anilines is 1. The van der Waals surface area contributed by atoms with Crippen molar-refractivity contribution in [3.8, 4) is 6.07 Å². The zero-order valence-corrected chi connectivity index (χ0v) is 19.0. The van der Waals surface area contributed by atoms with Crippen molar-refractivity contribution in [2.45, 2.75) is 20.3 Å². The van der Waals surface area contributed by atoms with Crippen LogP contribution in [0.4, 0.5) is 5.69 Å². The molecule has 0 atom stereocenters. The number of rotatable bonds is 5. The third-order valence-electron chi connectivity index (χ3n) is 4.72. The number of amides is 1. The lowest BCUT2D eigenvalue weighted by molar-refractivity contribution is -0.112. The average molecular weight is 480 g/mol. The summed E-state index contributed by atoms with van der Waals surface area (Å²) >= 11 is 10.0. The normalized spacial score (nSPS) is 11.1. The molecule has 3 rings (SSSR count). The van der Waals surface area contributed by atoms with Crippen LogP contribution in [0.3, 0.4) is 0 Å². The van der Waals surface area contributed by atoms with Crippen molar-refractivity contribution >= 4 is 45.2 Å². The van der Waals surface area contributed by atoms with E-state index in [1.54, 1.807) is 12.1 Å². The minimum Gasteiger partial charge on any atom is -0.321 e. The van der Waals surface area contributed by atoms with Gasteiger partial charge >= 0.3 is 0 Å². The smallest absolute Gasteiger partial charge is 0.266 e. The Morgan fingerprint density at radius 3 is 2.53 bits per heavy atom. The molecule has 0 aromatic heterocycles. The Morgan fingerprint density at radius 2 is 1.87 bits per heavy atom. The van der Waals surface area contributed by atoms with Crippen molar-refractivity contribution in [3.63, 3.8) is 0 Å². The van der Waals surface area contributed by atoms with Crippen molar-refractivity contribution in [2.75, 3.05) is 5.32 Å². The number of benzene rings is 3. The predicted molar refractivity (Wildman–Crippen MR) is 127 cm³/mol. The van der Waals surface area contributed by atoms with E-state index in [-0.39, 0.29) is 5.57 Å². The number of nitrogens with zero attached hydrogens (tertiary/aromatic N) is 1. The standard InChI is InChI=1S/C25H20BrClN2O/c1-16-7-10-24(17(2)11-16)29-25(30)21(15-28)12-18-8-9-20(23(27)13-18)14-19-5-3-4-6-22(19)26/h3-13H,14H2,1-2H3,(H,29,30)/b21-12+. The zero-order valence-electron chi connectivity index (χ0n) is 16.7. The van der Waals surface area contributed by atoms with Crippen molar-refractivity contribution in [1.29, 1.82) is 5.26 Å². The molecule has 0 spiro atoms. The lowest BCUT2D eigenvalue weighted by Gasteiger charge is -2.09. The summed E-state index contributed by atoms with van der Waals surface area (Å²) in [5.41, 5.74) is 5.56. The van der Waals surface area contributed by atoms with Gasteiger partial charge in [-0.1, -0.05) is 75.6 Å². The van der Waals surface area contributed by atoms with Crippen molar-refractivity contribution in [1.82, 2.24) is 0 Å². The summed E-state index contributed by atoms with van der Waals surface area (Å²) < 4.78 is 1.03. The van der Waals surface area contributed by atoms with Crippen LogP contribution in [0.5, 0.6) is 0 Å². The van der Waals surface area contributed by atoms with E-state index < -0.39 is 5.91 Å². The van der Waals surface area contributed by atoms with Gasteiger partial charge in [0.25, 0.3) is 5.91 Å². The number of nitrogens with one attached hydrogen (secondary N) is 1. The van der Waals surface area contributed by atoms with Gasteiger partial charge in [-0.15, -0.1) is 0 Å². The van der Waals surface area contributed by atoms with Crippen molar-refractivity contribution in [3.05, 3.63) is 104 Å². The first-order valence-corrected chi connectivity index (χ1v) is 10.6. The van der Waals surface area contributed by atoms with Crippen LogP contribution >= 0.6 is 27.5 Å². The molecule has 0 aliphatic carbocycles. The fourth-order valence-corrected chi connectivity index (χ4v) is 3.78. The fraction of sp³-hybridized carbons (Fsp3) is 0.120. The SMILES string of the molecule is Cc1ccc(NC(=O)/C(C#N)=C/c2ccc(Cc3ccccc3Br)c(Cl)c2)c(C)c1. The van der Waals surface area contributed by atoms with Crippen LogP contribution in [-0.2, 0) is 11.2 Å². The lowest BCUT2D eigenvalue weighted by atomic mass is 10.0. The summed E-state index contributed by atoms with van der Waals surface area (Å²) in [6.45, 7) is 3.91. The number of carbonyl (C=O) groups is 1. The van der Waals surface area contributed by atoms with Gasteiger partial charge in [0.1, 0.15) is 11.6 Å². The lowest BCUT2D eigenvalue weighted by Crippen LogP contribution is -2.14. The second kappa shape index (κ2) is 9.75. The molecule has 0 unspecified atom stereocenters. The number of nitriles is 1. The van der Waals surface area contributed by atoms with E-state index in [4.69, 9.17) is 11.6 Å². The Balaban J connectivity index is 1.80. The summed E-state index contributed by atoms with van der Waals surface area (Å²) in [4.78, 5) is 12.6. The molecule has 1 amide bonds. The van der Waals surface area contributed by atoms with Crippen molar-refractivity contribution in [2.24, 2.45) is 0 Å². The van der Waals surface area contributed by atoms with E-state index in [1.165, 1.54) is 0 Å². The molecule has 3 aromatic rings. The molecule has 0 saturated heterocycles. The summed E-state index contributed by atoms with van der Waals surface area (Å²) in [6, 6.07) is 21.3. The van der Waals surface area contributed by atoms with E-state index >= 15 is 0 Å². The van der Waals surface area contributed by atoms with Gasteiger partial charge in [-0.05, 0) is 60.4 Å². The van der Waals surface area contributed by atoms with Gasteiger partial charge in [-0.3, -0.25) is 4.79 Å². The molecular weight excluding hydrogens is 460 g/mol. The van der Waals surface area contributed by atoms with E-state index in [0.29, 0.717) is 22.7 Å². The molecule has 0 bridgehead atoms. The number of hydrogen-bond donors (Lipinski definition) is 1. The molecular formula is C25H20BrClN2O. The molecule has 1 N–H and O–H groups in total. The molecule has 3 nitrogen and oxygen atoms in total. The second-order valence-electron chi connectivity index (χ2n) is 7.06. The molecule has 0 aliphatic heterocycles. The van der Waals surface area contributed by atoms with Crippen molar-refractivity contribution < 1.29 is 4.79 Å². The third-order valence-corrected chi connectivity index (χ3v) is 5.85. The summed E-state index contributed by atoms with van der Waals surface area (Å²) in [7, 11) is 0. The molecule has 3 aromatic carbocycles. The van der Waals surface area contributed by atoms with Crippen LogP contribution in [-0.4, -0.2) is 5.91 Å². The summed E-state index contributed by atoms with van der Waals surface area (Å²) in [6.07, 6.45) is 2.23. The highest BCUT2D eigenvalue weighted by molar-refractivity contribution is 9.10. The molecule has 30 heavy (non-hydrogen) atoms. The highest BCUT2D eigenvalue weighted by Gasteiger charge is 2.12. The van der Waals surface area contributed by atoms with E-state index in [0.717, 1.165) is 26.7 Å². The summed E-state index contributed by atoms with van der Waals surface area (Å²) in [5.74, 6) is -0.446. The van der Waals surface area contributed by atoms with Crippen LogP contribution in [0.25, 0.3) is 6.08 Å². The Kier molecular flexibility index (Phi) is 7.10. The Bertz CT molecular complexity index is 1180. The largest absolute Gasteiger partial charge is 0.321 e. The molecule has 0 heterocycles. The first-order chi connectivity index (χ1) is 14.4. The maximum absolute atomic E-state index is 12.6. The first kappa shape index (κ1) is 21.8. The number of hydrogen-bond acceptors (Lipinski definition) is 2. The average Bonchev–Trinajstić information content (AvgIpc) is 2.71. The van der Waals surface area contributed by atoms with Gasteiger partial charge in [0.2, 0.25) is 0 Å². The van der Waals surface area contributed by atoms with Gasteiger partial charge in [0.15, 0.2) is 0 Å². The predicted octanol–water partition coefficient (Wildman–Crippen LogP) is 6.86. The molecule has 0 saturated carbocycles. The number of aryl methyl sites for hydroxylation is 2. The van der Waals surface area contributed by atoms with Gasteiger partial charge < -0.3 is 5.32 Å². The molecule has 150 valence electrons. The van der Waals surface area contributed by atoms with Crippen LogP contribution in [0.2, 0.25) is 5.02 Å². The zero-order chi connectivity index (χ0) is 21.7. The Hall–Kier alpha value is -2.87. The molecule has 0 fully saturated rings. The molecule has 5 heteroatoms. The van der Waals surface area contributed by atoms with E-state index in [1.807, 2.05) is 74.5 Å². The maximum atomic E-state index is 12.6. The minimum absolute atomic E-state index is 0.0181. The van der Waals surface area contributed by atoms with Crippen LogP contribution in [0.15, 0.2) is 70.7 Å². The topological polar surface area (TPSA) is 52.9 Å². The molecule has 0 aliphatic rings. The Morgan fingerprint density at radius 1 is 1.10 bits per heavy atom. The van der Waals surface area contributed by atoms with Crippen LogP contribution < -0.4 is 5.32 Å². The van der Waals surface area contributed by atoms with Gasteiger partial charge in [0, 0.05) is 21.6 Å².